The second-order valence-corrected chi connectivity index (χ2v) is 9.62. The Morgan fingerprint density at radius 2 is 1.22 bits per heavy atom. The number of ether oxygens (including phenoxy) is 2. The highest BCUT2D eigenvalue weighted by Gasteiger charge is 2.45. The van der Waals surface area contributed by atoms with E-state index in [0.717, 1.165) is 55.4 Å². The van der Waals surface area contributed by atoms with Gasteiger partial charge < -0.3 is 18.5 Å². The van der Waals surface area contributed by atoms with Gasteiger partial charge in [0.2, 0.25) is 5.79 Å². The highest BCUT2D eigenvalue weighted by molar-refractivity contribution is 6.13. The van der Waals surface area contributed by atoms with E-state index >= 15 is 0 Å². The van der Waals surface area contributed by atoms with E-state index in [1.807, 2.05) is 18.2 Å². The predicted molar refractivity (Wildman–Crippen MR) is 148 cm³/mol. The van der Waals surface area contributed by atoms with Crippen LogP contribution in [0.1, 0.15) is 11.1 Å². The third-order valence-corrected chi connectivity index (χ3v) is 7.92. The minimum atomic E-state index is -1.04. The average Bonchev–Trinajstić information content (AvgIpc) is 3.57. The standard InChI is InChI=1S/C33H23NO3/c1-35-33(36-2)27-18-30-25(21-12-6-8-14-29(21)34(30)20-10-4-3-5-11-20)16-23(27)24-17-26-22-13-7-9-15-31(22)37-32(26)19-28(24)33/h3-19H,1-2H3. The van der Waals surface area contributed by atoms with E-state index in [-0.39, 0.29) is 0 Å². The van der Waals surface area contributed by atoms with Gasteiger partial charge in [-0.1, -0.05) is 54.6 Å². The third-order valence-electron chi connectivity index (χ3n) is 7.92. The van der Waals surface area contributed by atoms with Gasteiger partial charge in [-0.2, -0.15) is 0 Å². The first kappa shape index (κ1) is 20.8. The second-order valence-electron chi connectivity index (χ2n) is 9.62. The summed E-state index contributed by atoms with van der Waals surface area (Å²) in [7, 11) is 3.42. The van der Waals surface area contributed by atoms with E-state index in [1.165, 1.54) is 16.3 Å². The number of nitrogens with zero attached hydrogens (tertiary/aromatic N) is 1. The number of methoxy groups -OCH3 is 2. The number of benzene rings is 5. The zero-order valence-corrected chi connectivity index (χ0v) is 20.5. The number of aromatic nitrogens is 1. The number of hydrogen-bond acceptors (Lipinski definition) is 3. The summed E-state index contributed by atoms with van der Waals surface area (Å²) in [5.74, 6) is -1.04. The maximum Gasteiger partial charge on any atom is 0.223 e. The van der Waals surface area contributed by atoms with Crippen LogP contribution in [-0.4, -0.2) is 18.8 Å². The van der Waals surface area contributed by atoms with Crippen LogP contribution >= 0.6 is 0 Å². The summed E-state index contributed by atoms with van der Waals surface area (Å²) >= 11 is 0. The molecule has 0 bridgehead atoms. The number of furan rings is 1. The SMILES string of the molecule is COC1(OC)c2cc3oc4ccccc4c3cc2-c2cc3c4ccccc4n(-c4ccccc4)c3cc21. The van der Waals surface area contributed by atoms with Gasteiger partial charge in [0.15, 0.2) is 0 Å². The first-order chi connectivity index (χ1) is 18.2. The van der Waals surface area contributed by atoms with Crippen LogP contribution in [0.15, 0.2) is 108 Å². The quantitative estimate of drug-likeness (QED) is 0.239. The molecule has 0 radical (unpaired) electrons. The fourth-order valence-corrected chi connectivity index (χ4v) is 6.30. The molecular formula is C33H23NO3. The van der Waals surface area contributed by atoms with E-state index in [0.29, 0.717) is 0 Å². The van der Waals surface area contributed by atoms with Crippen molar-refractivity contribution < 1.29 is 13.9 Å². The van der Waals surface area contributed by atoms with Crippen molar-refractivity contribution >= 4 is 43.7 Å². The molecule has 0 fully saturated rings. The zero-order chi connectivity index (χ0) is 24.7. The Hall–Kier alpha value is -4.38. The van der Waals surface area contributed by atoms with Crippen molar-refractivity contribution in [2.75, 3.05) is 14.2 Å². The van der Waals surface area contributed by atoms with Crippen molar-refractivity contribution in [2.24, 2.45) is 0 Å². The van der Waals surface area contributed by atoms with Crippen LogP contribution in [0.2, 0.25) is 0 Å². The molecule has 7 aromatic rings. The summed E-state index contributed by atoms with van der Waals surface area (Å²) in [4.78, 5) is 0. The van der Waals surface area contributed by atoms with Gasteiger partial charge in [0, 0.05) is 52.6 Å². The maximum atomic E-state index is 6.24. The van der Waals surface area contributed by atoms with E-state index in [9.17, 15) is 0 Å². The first-order valence-corrected chi connectivity index (χ1v) is 12.4. The minimum Gasteiger partial charge on any atom is -0.456 e. The highest BCUT2D eigenvalue weighted by Crippen LogP contribution is 2.53. The van der Waals surface area contributed by atoms with Crippen LogP contribution in [0.4, 0.5) is 0 Å². The molecule has 2 heterocycles. The summed E-state index contributed by atoms with van der Waals surface area (Å²) < 4.78 is 21.0. The summed E-state index contributed by atoms with van der Waals surface area (Å²) in [6.07, 6.45) is 0. The largest absolute Gasteiger partial charge is 0.456 e. The lowest BCUT2D eigenvalue weighted by atomic mass is 10.0. The molecule has 5 aromatic carbocycles. The van der Waals surface area contributed by atoms with Gasteiger partial charge in [0.05, 0.1) is 11.0 Å². The molecular weight excluding hydrogens is 458 g/mol. The number of fused-ring (bicyclic) bond motifs is 9. The lowest BCUT2D eigenvalue weighted by molar-refractivity contribution is -0.180. The molecule has 4 heteroatoms. The second kappa shape index (κ2) is 7.32. The molecule has 37 heavy (non-hydrogen) atoms. The van der Waals surface area contributed by atoms with Gasteiger partial charge in [-0.25, -0.2) is 0 Å². The monoisotopic (exact) mass is 481 g/mol. The van der Waals surface area contributed by atoms with Crippen molar-refractivity contribution in [1.82, 2.24) is 4.57 Å². The van der Waals surface area contributed by atoms with Crippen LogP contribution < -0.4 is 0 Å². The third kappa shape index (κ3) is 2.58. The zero-order valence-electron chi connectivity index (χ0n) is 20.5. The fourth-order valence-electron chi connectivity index (χ4n) is 6.30. The van der Waals surface area contributed by atoms with Gasteiger partial charge in [0.25, 0.3) is 0 Å². The maximum absolute atomic E-state index is 6.24. The summed E-state index contributed by atoms with van der Waals surface area (Å²) in [6, 6.07) is 36.1. The van der Waals surface area contributed by atoms with E-state index in [2.05, 4.69) is 89.5 Å². The Labute approximate surface area is 213 Å². The molecule has 4 nitrogen and oxygen atoms in total. The van der Waals surface area contributed by atoms with E-state index in [4.69, 9.17) is 13.9 Å². The molecule has 0 amide bonds. The Morgan fingerprint density at radius 3 is 2.00 bits per heavy atom. The predicted octanol–water partition coefficient (Wildman–Crippen LogP) is 8.16. The lowest BCUT2D eigenvalue weighted by Gasteiger charge is -2.28. The topological polar surface area (TPSA) is 36.5 Å². The highest BCUT2D eigenvalue weighted by atomic mass is 16.7. The molecule has 178 valence electrons. The van der Waals surface area contributed by atoms with Gasteiger partial charge in [0.1, 0.15) is 11.2 Å². The van der Waals surface area contributed by atoms with Gasteiger partial charge >= 0.3 is 0 Å². The van der Waals surface area contributed by atoms with Crippen LogP contribution in [0.3, 0.4) is 0 Å². The van der Waals surface area contributed by atoms with Crippen molar-refractivity contribution in [1.29, 1.82) is 0 Å². The number of para-hydroxylation sites is 3. The first-order valence-electron chi connectivity index (χ1n) is 12.4. The summed E-state index contributed by atoms with van der Waals surface area (Å²) in [5.41, 5.74) is 9.30. The fraction of sp³-hybridized carbons (Fsp3) is 0.0909. The van der Waals surface area contributed by atoms with Crippen LogP contribution in [-0.2, 0) is 15.3 Å². The van der Waals surface area contributed by atoms with E-state index in [1.54, 1.807) is 14.2 Å². The van der Waals surface area contributed by atoms with Crippen molar-refractivity contribution in [3.05, 3.63) is 114 Å². The van der Waals surface area contributed by atoms with Gasteiger partial charge in [-0.15, -0.1) is 0 Å². The molecule has 2 aromatic heterocycles. The molecule has 8 rings (SSSR count). The molecule has 0 aliphatic heterocycles. The molecule has 0 saturated carbocycles. The van der Waals surface area contributed by atoms with Crippen molar-refractivity contribution in [3.8, 4) is 16.8 Å². The Bertz CT molecular complexity index is 2010. The lowest BCUT2D eigenvalue weighted by Crippen LogP contribution is -2.29. The smallest absolute Gasteiger partial charge is 0.223 e. The average molecular weight is 482 g/mol. The Balaban J connectivity index is 1.52. The molecule has 0 atom stereocenters. The van der Waals surface area contributed by atoms with Crippen LogP contribution in [0, 0.1) is 0 Å². The molecule has 0 spiro atoms. The molecule has 0 saturated heterocycles. The molecule has 1 aliphatic carbocycles. The van der Waals surface area contributed by atoms with Crippen molar-refractivity contribution in [2.45, 2.75) is 5.79 Å². The van der Waals surface area contributed by atoms with Crippen molar-refractivity contribution in [3.63, 3.8) is 0 Å². The molecule has 0 N–H and O–H groups in total. The summed E-state index contributed by atoms with van der Waals surface area (Å²) in [6.45, 7) is 0. The Morgan fingerprint density at radius 1 is 0.568 bits per heavy atom. The van der Waals surface area contributed by atoms with Crippen LogP contribution in [0.5, 0.6) is 0 Å². The normalized spacial score (nSPS) is 14.1. The Kier molecular flexibility index (Phi) is 4.11. The number of hydrogen-bond donors (Lipinski definition) is 0. The molecule has 0 unspecified atom stereocenters. The van der Waals surface area contributed by atoms with Crippen LogP contribution in [0.25, 0.3) is 60.6 Å². The van der Waals surface area contributed by atoms with E-state index < -0.39 is 5.79 Å². The summed E-state index contributed by atoms with van der Waals surface area (Å²) in [5, 5.41) is 4.61. The van der Waals surface area contributed by atoms with Gasteiger partial charge in [-0.3, -0.25) is 0 Å². The molecule has 1 aliphatic rings. The minimum absolute atomic E-state index is 0.829. The number of rotatable bonds is 3. The van der Waals surface area contributed by atoms with Gasteiger partial charge in [-0.05, 0) is 59.7 Å².